The topological polar surface area (TPSA) is 376 Å². The van der Waals surface area contributed by atoms with Crippen molar-refractivity contribution in [2.45, 2.75) is 304 Å². The van der Waals surface area contributed by atoms with Crippen molar-refractivity contribution in [3.8, 4) is 0 Å². The highest BCUT2D eigenvalue weighted by Gasteiger charge is 2.46. The molecule has 14 atom stereocenters. The summed E-state index contributed by atoms with van der Waals surface area (Å²) in [5.41, 5.74) is 0.853. The van der Waals surface area contributed by atoms with E-state index in [2.05, 4.69) is 26.6 Å². The number of hydrogen-bond donors (Lipinski definition) is 8. The Morgan fingerprint density at radius 1 is 0.550 bits per heavy atom. The van der Waals surface area contributed by atoms with Gasteiger partial charge in [-0.25, -0.2) is 5.48 Å². The van der Waals surface area contributed by atoms with Crippen molar-refractivity contribution < 1.29 is 82.1 Å². The number of hydroxylamine groups is 1. The number of nitrogens with one attached hydrogen (secondary N) is 6. The summed E-state index contributed by atoms with van der Waals surface area (Å²) in [7, 11) is 8.54. The molecule has 0 aromatic heterocycles. The summed E-state index contributed by atoms with van der Waals surface area (Å²) in [4.78, 5) is 205. The number of amides is 13. The molecular formula is C79H139N13O17. The minimum Gasteiger partial charge on any atom is -0.391 e. The second-order valence-electron chi connectivity index (χ2n) is 34.3. The summed E-state index contributed by atoms with van der Waals surface area (Å²) in [5.74, 6) is -12.7. The van der Waals surface area contributed by atoms with Crippen LogP contribution in [-0.4, -0.2) is 275 Å². The third kappa shape index (κ3) is 28.0. The minimum atomic E-state index is -1.70. The number of ether oxygens (including phenoxy) is 2. The number of carbonyl (C=O) groups is 13. The molecule has 0 radical (unpaired) electrons. The zero-order chi connectivity index (χ0) is 82.2. The molecule has 30 heteroatoms. The van der Waals surface area contributed by atoms with Crippen LogP contribution in [0.5, 0.6) is 0 Å². The molecule has 4 fully saturated rings. The van der Waals surface area contributed by atoms with Gasteiger partial charge in [-0.05, 0) is 146 Å². The smallest absolute Gasteiger partial charge is 0.249 e. The molecule has 4 rings (SSSR count). The molecule has 3 unspecified atom stereocenters. The van der Waals surface area contributed by atoms with Gasteiger partial charge in [0.25, 0.3) is 0 Å². The van der Waals surface area contributed by atoms with Gasteiger partial charge < -0.3 is 75.5 Å². The van der Waals surface area contributed by atoms with E-state index in [4.69, 9.17) is 9.47 Å². The quantitative estimate of drug-likeness (QED) is 0.0578. The third-order valence-corrected chi connectivity index (χ3v) is 22.0. The van der Waals surface area contributed by atoms with Crippen molar-refractivity contribution in [2.24, 2.45) is 47.3 Å². The highest BCUT2D eigenvalue weighted by molar-refractivity contribution is 6.00. The predicted octanol–water partition coefficient (Wildman–Crippen LogP) is 4.53. The molecule has 0 aromatic rings. The summed E-state index contributed by atoms with van der Waals surface area (Å²) in [5, 5.41) is 35.5. The Balaban J connectivity index is 2.03. The normalized spacial score (nSPS) is 28.0. The van der Waals surface area contributed by atoms with Crippen molar-refractivity contribution in [1.82, 2.24) is 66.4 Å². The van der Waals surface area contributed by atoms with Crippen molar-refractivity contribution in [3.63, 3.8) is 0 Å². The van der Waals surface area contributed by atoms with E-state index < -0.39 is 192 Å². The van der Waals surface area contributed by atoms with E-state index >= 15 is 43.2 Å². The number of rotatable bonds is 21. The maximum Gasteiger partial charge on any atom is 0.249 e. The Morgan fingerprint density at radius 3 is 1.58 bits per heavy atom. The van der Waals surface area contributed by atoms with Crippen LogP contribution in [0.25, 0.3) is 0 Å². The number of unbranched alkanes of at least 4 members (excludes halogenated alkanes) is 1. The molecule has 2 saturated carbocycles. The number of hydrogen-bond acceptors (Lipinski definition) is 17. The van der Waals surface area contributed by atoms with Gasteiger partial charge in [0.15, 0.2) is 0 Å². The maximum absolute atomic E-state index is 15.7. The molecule has 0 bridgehead atoms. The largest absolute Gasteiger partial charge is 0.391 e. The average molecular weight is 1540 g/mol. The standard InChI is InChI=1S/C79H139N13O17/c1-22-23-34-92-44-64(95)86(16)58(37-46(2)3)69(97)82-57(45-109-79(13,14)15)74(102)89(19)61(41-52-30-26-24-27-31-52)76(104)88(18)59(38-47(4)5)70(98)80-56(75(103)91-35-28-25-29-36-91)43-63(94)83-65(49(8)9)77(105)90(20)67(50(10)11)72(100)81-55(40-53-32-33-54(68(96)85-107)62(42-53)108-21)73(101)87(17)60(39-48(6)7)71(99)84-66(51(12)93)78(92)106/h46-62,65-67,93,107H,22-45H2,1-21H3,(H,80,98)(H,81,100)(H,82,97)(H,83,94)(H,84,99)(H,85,96)/t51-,53?,54?,55+,56+,57+,58+,59+,60+,61+,62?,65-,66+,67+/m1/s1. The van der Waals surface area contributed by atoms with Crippen LogP contribution >= 0.6 is 0 Å². The van der Waals surface area contributed by atoms with E-state index in [0.717, 1.165) is 38.5 Å². The lowest BCUT2D eigenvalue weighted by Gasteiger charge is -2.39. The number of likely N-dealkylation sites (N-methyl/N-ethyl adjacent to an activating group) is 5. The van der Waals surface area contributed by atoms with Crippen molar-refractivity contribution in [1.29, 1.82) is 0 Å². The van der Waals surface area contributed by atoms with E-state index in [1.165, 1.54) is 78.7 Å². The number of piperidine rings is 1. The second kappa shape index (κ2) is 44.3. The zero-order valence-electron chi connectivity index (χ0n) is 69.7. The summed E-state index contributed by atoms with van der Waals surface area (Å²) in [6.07, 6.45) is 5.42. The monoisotopic (exact) mass is 1540 g/mol. The van der Waals surface area contributed by atoms with E-state index in [1.807, 2.05) is 48.5 Å². The Kier molecular flexibility index (Phi) is 38.3. The van der Waals surface area contributed by atoms with Crippen LogP contribution in [0, 0.1) is 47.3 Å². The molecule has 30 nitrogen and oxygen atoms in total. The molecule has 2 heterocycles. The highest BCUT2D eigenvalue weighted by atomic mass is 16.5. The van der Waals surface area contributed by atoms with Crippen LogP contribution in [0.1, 0.15) is 226 Å². The van der Waals surface area contributed by atoms with Crippen molar-refractivity contribution in [2.75, 3.05) is 75.1 Å². The van der Waals surface area contributed by atoms with Gasteiger partial charge in [-0.15, -0.1) is 0 Å². The highest BCUT2D eigenvalue weighted by Crippen LogP contribution is 2.35. The molecule has 0 spiro atoms. The SMILES string of the molecule is CCCCN1CC(=O)N(C)[C@@H](CC(C)C)C(=O)N[C@@H](COC(C)(C)C)C(=O)N(C)[C@@H](CC2CCCCC2)C(=O)N(C)[C@@H](CC(C)C)C(=O)N[C@H](C(=O)N2CCCCC2)CC(=O)N[C@H](C(C)C)C(=O)N(C)[C@@H](C(C)C)C(=O)N[C@@H](CC2CCC(C(=O)NO)C(OC)C2)C(=O)N(C)[C@@H](CC(C)C)C(=O)N[C@@H]([C@@H](C)O)C1=O. The summed E-state index contributed by atoms with van der Waals surface area (Å²) in [6, 6.07) is -13.9. The van der Waals surface area contributed by atoms with Crippen LogP contribution in [0.3, 0.4) is 0 Å². The molecular weight excluding hydrogens is 1400 g/mol. The minimum absolute atomic E-state index is 0.00133. The first kappa shape index (κ1) is 94.3. The van der Waals surface area contributed by atoms with E-state index in [1.54, 1.807) is 58.8 Å². The summed E-state index contributed by atoms with van der Waals surface area (Å²) < 4.78 is 12.0. The zero-order valence-corrected chi connectivity index (χ0v) is 69.7. The lowest BCUT2D eigenvalue weighted by Crippen LogP contribution is -2.62. The first-order valence-electron chi connectivity index (χ1n) is 40.2. The Labute approximate surface area is 649 Å². The predicted molar refractivity (Wildman–Crippen MR) is 412 cm³/mol. The van der Waals surface area contributed by atoms with Gasteiger partial charge in [-0.2, -0.15) is 0 Å². The first-order chi connectivity index (χ1) is 51.0. The Bertz CT molecular complexity index is 3040. The Morgan fingerprint density at radius 2 is 1.06 bits per heavy atom. The molecule has 0 aromatic carbocycles. The maximum atomic E-state index is 15.7. The lowest BCUT2D eigenvalue weighted by molar-refractivity contribution is -0.152. The number of carbonyl (C=O) groups excluding carboxylic acids is 13. The molecule has 4 aliphatic rings. The van der Waals surface area contributed by atoms with Gasteiger partial charge in [0.2, 0.25) is 76.8 Å². The van der Waals surface area contributed by atoms with Crippen molar-refractivity contribution >= 4 is 76.8 Å². The van der Waals surface area contributed by atoms with Gasteiger partial charge in [-0.3, -0.25) is 67.5 Å². The first-order valence-corrected chi connectivity index (χ1v) is 40.2. The number of likely N-dealkylation sites (tertiary alicyclic amines) is 1. The number of aliphatic hydroxyl groups is 1. The fraction of sp³-hybridized carbons (Fsp3) is 0.835. The fourth-order valence-corrected chi connectivity index (χ4v) is 15.6. The van der Waals surface area contributed by atoms with Gasteiger partial charge in [0.05, 0.1) is 43.3 Å². The average Bonchev–Trinajstić information content (AvgIpc) is 0.815. The lowest BCUT2D eigenvalue weighted by atomic mass is 9.76. The molecule has 2 saturated heterocycles. The van der Waals surface area contributed by atoms with Crippen LogP contribution < -0.4 is 32.1 Å². The summed E-state index contributed by atoms with van der Waals surface area (Å²) >= 11 is 0. The van der Waals surface area contributed by atoms with Crippen LogP contribution in [0.2, 0.25) is 0 Å². The second-order valence-corrected chi connectivity index (χ2v) is 34.3. The van der Waals surface area contributed by atoms with Gasteiger partial charge in [-0.1, -0.05) is 115 Å². The molecule has 13 amide bonds. The molecule has 622 valence electrons. The molecule has 109 heavy (non-hydrogen) atoms. The van der Waals surface area contributed by atoms with E-state index in [9.17, 15) is 29.5 Å². The number of methoxy groups -OCH3 is 1. The van der Waals surface area contributed by atoms with Gasteiger partial charge in [0.1, 0.15) is 60.4 Å². The summed E-state index contributed by atoms with van der Waals surface area (Å²) in [6.45, 7) is 26.0. The van der Waals surface area contributed by atoms with Gasteiger partial charge >= 0.3 is 0 Å². The fourth-order valence-electron chi connectivity index (χ4n) is 15.6. The van der Waals surface area contributed by atoms with Gasteiger partial charge in [0, 0.05) is 62.0 Å². The van der Waals surface area contributed by atoms with Crippen molar-refractivity contribution in [3.05, 3.63) is 0 Å². The number of nitrogens with zero attached hydrogens (tertiary/aromatic N) is 7. The van der Waals surface area contributed by atoms with Crippen LogP contribution in [0.15, 0.2) is 0 Å². The molecule has 2 aliphatic heterocycles. The molecule has 8 N–H and O–H groups in total. The van der Waals surface area contributed by atoms with E-state index in [0.29, 0.717) is 45.2 Å². The van der Waals surface area contributed by atoms with Crippen LogP contribution in [-0.2, 0) is 71.8 Å². The van der Waals surface area contributed by atoms with Crippen LogP contribution in [0.4, 0.5) is 0 Å². The van der Waals surface area contributed by atoms with E-state index in [-0.39, 0.29) is 81.8 Å². The number of aliphatic hydroxyl groups excluding tert-OH is 1. The molecule has 2 aliphatic carbocycles. The third-order valence-electron chi connectivity index (χ3n) is 22.0. The Hall–Kier alpha value is -7.05.